The fourth-order valence-electron chi connectivity index (χ4n) is 8.87. The molecule has 3 aliphatic rings. The Balaban J connectivity index is 1.06. The number of hydrogen-bond acceptors (Lipinski definition) is 4. The number of hydrogen-bond donors (Lipinski definition) is 0. The first-order chi connectivity index (χ1) is 26.8. The number of fused-ring (bicyclic) bond motifs is 6. The van der Waals surface area contributed by atoms with Crippen molar-refractivity contribution in [2.24, 2.45) is 0 Å². The van der Waals surface area contributed by atoms with E-state index in [9.17, 15) is 0 Å². The average molecular weight is 712 g/mol. The SMILES string of the molecule is C1=c2c(ccc3c2=C(c2ccc(OCCCOCc4ccccc4)cc2)C(OCc2ccc4ccccc4c2)CC3N2CCCCC2)-c2ccccc2C1. The van der Waals surface area contributed by atoms with Crippen LogP contribution in [0.25, 0.3) is 33.5 Å². The maximum atomic E-state index is 7.17. The molecule has 4 heteroatoms. The van der Waals surface area contributed by atoms with Crippen molar-refractivity contribution in [3.8, 4) is 16.9 Å². The predicted octanol–water partition coefficient (Wildman–Crippen LogP) is 9.54. The molecule has 0 saturated carbocycles. The van der Waals surface area contributed by atoms with Gasteiger partial charge in [-0.25, -0.2) is 0 Å². The molecule has 2 aliphatic carbocycles. The first-order valence-electron chi connectivity index (χ1n) is 19.9. The normalized spacial score (nSPS) is 18.0. The number of likely N-dealkylation sites (tertiary alicyclic amines) is 1. The Labute approximate surface area is 319 Å². The highest BCUT2D eigenvalue weighted by atomic mass is 16.5. The molecule has 0 spiro atoms. The number of ether oxygens (including phenoxy) is 3. The highest BCUT2D eigenvalue weighted by molar-refractivity contribution is 5.83. The molecule has 1 aliphatic heterocycles. The van der Waals surface area contributed by atoms with Gasteiger partial charge in [0.05, 0.1) is 32.5 Å². The Morgan fingerprint density at radius 1 is 0.630 bits per heavy atom. The molecule has 0 bridgehead atoms. The Morgan fingerprint density at radius 2 is 1.43 bits per heavy atom. The van der Waals surface area contributed by atoms with Crippen LogP contribution in [0.5, 0.6) is 5.75 Å². The molecule has 0 radical (unpaired) electrons. The Bertz CT molecular complexity index is 2340. The summed E-state index contributed by atoms with van der Waals surface area (Å²) in [6, 6.07) is 48.5. The van der Waals surface area contributed by atoms with E-state index in [1.54, 1.807) is 0 Å². The van der Waals surface area contributed by atoms with Crippen LogP contribution in [0.3, 0.4) is 0 Å². The molecule has 9 rings (SSSR count). The minimum atomic E-state index is -0.0681. The van der Waals surface area contributed by atoms with E-state index in [1.165, 1.54) is 85.0 Å². The zero-order chi connectivity index (χ0) is 36.1. The van der Waals surface area contributed by atoms with Crippen LogP contribution in [-0.2, 0) is 29.1 Å². The lowest BCUT2D eigenvalue weighted by Gasteiger charge is -2.41. The molecule has 6 aromatic rings. The first-order valence-corrected chi connectivity index (χ1v) is 19.9. The highest BCUT2D eigenvalue weighted by Gasteiger charge is 2.35. The van der Waals surface area contributed by atoms with Crippen molar-refractivity contribution < 1.29 is 14.2 Å². The van der Waals surface area contributed by atoms with Crippen molar-refractivity contribution >= 4 is 22.4 Å². The van der Waals surface area contributed by atoms with Crippen molar-refractivity contribution in [2.75, 3.05) is 26.3 Å². The molecule has 1 heterocycles. The monoisotopic (exact) mass is 711 g/mol. The molecule has 4 nitrogen and oxygen atoms in total. The van der Waals surface area contributed by atoms with Gasteiger partial charge in [-0.3, -0.25) is 4.90 Å². The van der Waals surface area contributed by atoms with E-state index in [0.29, 0.717) is 32.5 Å². The molecule has 1 saturated heterocycles. The lowest BCUT2D eigenvalue weighted by molar-refractivity contribution is 0.0390. The summed E-state index contributed by atoms with van der Waals surface area (Å²) in [4.78, 5) is 2.75. The summed E-state index contributed by atoms with van der Waals surface area (Å²) in [6.45, 7) is 4.76. The molecular weight excluding hydrogens is 663 g/mol. The minimum Gasteiger partial charge on any atom is -0.494 e. The van der Waals surface area contributed by atoms with Gasteiger partial charge in [-0.15, -0.1) is 0 Å². The van der Waals surface area contributed by atoms with Gasteiger partial charge in [-0.1, -0.05) is 128 Å². The van der Waals surface area contributed by atoms with Crippen LogP contribution in [0.15, 0.2) is 133 Å². The minimum absolute atomic E-state index is 0.0681. The molecule has 54 heavy (non-hydrogen) atoms. The van der Waals surface area contributed by atoms with E-state index in [-0.39, 0.29) is 6.10 Å². The van der Waals surface area contributed by atoms with Crippen LogP contribution in [0.4, 0.5) is 0 Å². The fraction of sp³-hybridized carbons (Fsp3) is 0.280. The van der Waals surface area contributed by atoms with E-state index < -0.39 is 0 Å². The second-order valence-corrected chi connectivity index (χ2v) is 15.1. The fourth-order valence-corrected chi connectivity index (χ4v) is 8.87. The maximum absolute atomic E-state index is 7.17. The lowest BCUT2D eigenvalue weighted by Crippen LogP contribution is -2.47. The molecule has 1 fully saturated rings. The summed E-state index contributed by atoms with van der Waals surface area (Å²) >= 11 is 0. The van der Waals surface area contributed by atoms with Crippen molar-refractivity contribution in [3.63, 3.8) is 0 Å². The second kappa shape index (κ2) is 16.2. The number of nitrogens with zero attached hydrogens (tertiary/aromatic N) is 1. The van der Waals surface area contributed by atoms with Crippen molar-refractivity contribution in [1.82, 2.24) is 4.90 Å². The predicted molar refractivity (Wildman–Crippen MR) is 220 cm³/mol. The Kier molecular flexibility index (Phi) is 10.4. The number of piperidine rings is 1. The summed E-state index contributed by atoms with van der Waals surface area (Å²) in [5.74, 6) is 0.883. The van der Waals surface area contributed by atoms with Crippen LogP contribution >= 0.6 is 0 Å². The molecule has 2 atom stereocenters. The second-order valence-electron chi connectivity index (χ2n) is 15.1. The van der Waals surface area contributed by atoms with Gasteiger partial charge in [0.2, 0.25) is 0 Å². The van der Waals surface area contributed by atoms with Gasteiger partial charge in [-0.2, -0.15) is 0 Å². The van der Waals surface area contributed by atoms with Crippen LogP contribution in [0.2, 0.25) is 0 Å². The number of rotatable bonds is 12. The lowest BCUT2D eigenvalue weighted by atomic mass is 9.79. The van der Waals surface area contributed by atoms with E-state index in [4.69, 9.17) is 14.2 Å². The summed E-state index contributed by atoms with van der Waals surface area (Å²) in [5, 5.41) is 5.24. The highest BCUT2D eigenvalue weighted by Crippen LogP contribution is 2.38. The zero-order valence-corrected chi connectivity index (χ0v) is 31.1. The molecular formula is C50H49NO3. The van der Waals surface area contributed by atoms with E-state index in [1.807, 2.05) is 18.2 Å². The smallest absolute Gasteiger partial charge is 0.119 e. The molecule has 0 amide bonds. The van der Waals surface area contributed by atoms with E-state index in [2.05, 4.69) is 126 Å². The summed E-state index contributed by atoms with van der Waals surface area (Å²) in [7, 11) is 0. The first kappa shape index (κ1) is 34.7. The third-order valence-corrected chi connectivity index (χ3v) is 11.6. The third-order valence-electron chi connectivity index (χ3n) is 11.6. The van der Waals surface area contributed by atoms with Crippen LogP contribution in [0, 0.1) is 0 Å². The third kappa shape index (κ3) is 7.39. The van der Waals surface area contributed by atoms with Crippen LogP contribution in [-0.4, -0.2) is 37.3 Å². The van der Waals surface area contributed by atoms with Crippen molar-refractivity contribution in [3.05, 3.63) is 172 Å². The van der Waals surface area contributed by atoms with Gasteiger partial charge < -0.3 is 14.2 Å². The van der Waals surface area contributed by atoms with Gasteiger partial charge in [0.1, 0.15) is 5.75 Å². The van der Waals surface area contributed by atoms with Gasteiger partial charge >= 0.3 is 0 Å². The molecule has 0 N–H and O–H groups in total. The zero-order valence-electron chi connectivity index (χ0n) is 31.1. The standard InChI is InChI=1S/C50H49NO3/c1-3-12-36(13-4-1)34-52-30-11-31-53-42-23-20-40(21-24-42)49-48(54-35-37-18-19-38-14-5-6-16-41(38)32-37)33-47(51-28-9-2-10-29-51)46-27-26-44-43-17-8-7-15-39(43)22-25-45(44)50(46)49/h1,3-8,12-21,23-27,32,47-48H,2,9-11,22,28-31,33-35H2. The Morgan fingerprint density at radius 3 is 2.30 bits per heavy atom. The van der Waals surface area contributed by atoms with Gasteiger partial charge in [0.15, 0.2) is 0 Å². The largest absolute Gasteiger partial charge is 0.494 e. The van der Waals surface area contributed by atoms with Crippen LogP contribution in [0.1, 0.15) is 66.0 Å². The van der Waals surface area contributed by atoms with Crippen molar-refractivity contribution in [1.29, 1.82) is 0 Å². The van der Waals surface area contributed by atoms with Gasteiger partial charge in [0, 0.05) is 12.5 Å². The quantitative estimate of drug-likeness (QED) is 0.118. The molecule has 6 aromatic carbocycles. The van der Waals surface area contributed by atoms with Gasteiger partial charge in [-0.05, 0) is 123 Å². The van der Waals surface area contributed by atoms with E-state index >= 15 is 0 Å². The summed E-state index contributed by atoms with van der Waals surface area (Å²) in [6.07, 6.45) is 8.96. The van der Waals surface area contributed by atoms with E-state index in [0.717, 1.165) is 38.1 Å². The summed E-state index contributed by atoms with van der Waals surface area (Å²) < 4.78 is 19.3. The molecule has 272 valence electrons. The molecule has 2 unspecified atom stereocenters. The Hall–Kier alpha value is -5.00. The maximum Gasteiger partial charge on any atom is 0.119 e. The van der Waals surface area contributed by atoms with Crippen LogP contribution < -0.4 is 15.2 Å². The summed E-state index contributed by atoms with van der Waals surface area (Å²) in [5.41, 5.74) is 10.4. The number of benzene rings is 6. The topological polar surface area (TPSA) is 30.9 Å². The average Bonchev–Trinajstić information content (AvgIpc) is 3.24. The van der Waals surface area contributed by atoms with Gasteiger partial charge in [0.25, 0.3) is 0 Å². The molecule has 0 aromatic heterocycles. The van der Waals surface area contributed by atoms with Crippen molar-refractivity contribution in [2.45, 2.75) is 63.9 Å².